The van der Waals surface area contributed by atoms with Crippen molar-refractivity contribution < 1.29 is 0 Å². The number of para-hydroxylation sites is 10. The van der Waals surface area contributed by atoms with Gasteiger partial charge in [0.05, 0.1) is 77.3 Å². The molecule has 78 heavy (non-hydrogen) atoms. The van der Waals surface area contributed by atoms with Gasteiger partial charge < -0.3 is 19.6 Å². The van der Waals surface area contributed by atoms with Crippen LogP contribution in [0.25, 0.3) is 86.1 Å². The summed E-state index contributed by atoms with van der Waals surface area (Å²) in [5, 5.41) is 1.99. The SMILES string of the molecule is CN1c2ccccc2N(c2c(-c3ccccc3)c(-c3ccccc3)c(-c3ccc(-c4nc5ccccc5s4)cc3)c(N3c4ccccc4N(C)c4ccccc43)c2-c2ccc(-c3nc4ccccc4s3)cc2)c2ccccc21. The minimum Gasteiger partial charge on any atom is -0.341 e. The molecule has 0 fully saturated rings. The average Bonchev–Trinajstić information content (AvgIpc) is 3.48. The van der Waals surface area contributed by atoms with Crippen molar-refractivity contribution in [3.05, 3.63) is 255 Å². The summed E-state index contributed by atoms with van der Waals surface area (Å²) < 4.78 is 2.34. The zero-order valence-electron chi connectivity index (χ0n) is 42.7. The molecule has 0 saturated heterocycles. The smallest absolute Gasteiger partial charge is 0.124 e. The first-order valence-corrected chi connectivity index (χ1v) is 27.9. The van der Waals surface area contributed by atoms with E-state index in [4.69, 9.17) is 9.97 Å². The van der Waals surface area contributed by atoms with Gasteiger partial charge in [0.1, 0.15) is 10.0 Å². The predicted octanol–water partition coefficient (Wildman–Crippen LogP) is 20.0. The third kappa shape index (κ3) is 7.36. The number of hydrogen-bond acceptors (Lipinski definition) is 8. The lowest BCUT2D eigenvalue weighted by Crippen LogP contribution is -2.27. The molecule has 13 aromatic rings. The third-order valence-electron chi connectivity index (χ3n) is 15.4. The molecule has 6 nitrogen and oxygen atoms in total. The largest absolute Gasteiger partial charge is 0.341 e. The second-order valence-electron chi connectivity index (χ2n) is 19.8. The first-order valence-electron chi connectivity index (χ1n) is 26.3. The van der Waals surface area contributed by atoms with E-state index in [2.05, 4.69) is 288 Å². The quantitative estimate of drug-likeness (QED) is 0.151. The maximum Gasteiger partial charge on any atom is 0.124 e. The molecule has 0 N–H and O–H groups in total. The van der Waals surface area contributed by atoms with E-state index >= 15 is 0 Å². The van der Waals surface area contributed by atoms with Gasteiger partial charge in [-0.25, -0.2) is 9.97 Å². The van der Waals surface area contributed by atoms with Crippen LogP contribution in [0.3, 0.4) is 0 Å². The molecule has 0 amide bonds. The van der Waals surface area contributed by atoms with Gasteiger partial charge in [-0.2, -0.15) is 0 Å². The minimum absolute atomic E-state index is 0.991. The molecule has 2 aromatic heterocycles. The first-order chi connectivity index (χ1) is 38.6. The molecular formula is C70H48N6S2. The summed E-state index contributed by atoms with van der Waals surface area (Å²) >= 11 is 3.46. The highest BCUT2D eigenvalue weighted by atomic mass is 32.1. The van der Waals surface area contributed by atoms with E-state index in [0.717, 1.165) is 134 Å². The highest BCUT2D eigenvalue weighted by Gasteiger charge is 2.39. The fourth-order valence-corrected chi connectivity index (χ4v) is 13.7. The monoisotopic (exact) mass is 1040 g/mol. The molecular weight excluding hydrogens is 989 g/mol. The fourth-order valence-electron chi connectivity index (χ4n) is 11.8. The first kappa shape index (κ1) is 45.8. The van der Waals surface area contributed by atoms with Gasteiger partial charge in [-0.3, -0.25) is 0 Å². The number of nitrogens with zero attached hydrogens (tertiary/aromatic N) is 6. The molecule has 2 aliphatic rings. The van der Waals surface area contributed by atoms with E-state index in [9.17, 15) is 0 Å². The average molecular weight is 1040 g/mol. The fraction of sp³-hybridized carbons (Fsp3) is 0.0286. The standard InChI is InChI=1S/C70H48N6S2/c1-73-53-27-11-15-31-57(53)75(58-32-16-12-28-54(58)73)67-64(46-23-7-4-8-24-46)63(45-21-5-3-6-22-45)65(47-37-41-49(42-38-47)69-71-51-25-9-19-35-61(51)77-69)68(76-59-33-17-13-29-55(59)74(2)56-30-14-18-34-60(56)76)66(67)48-39-43-50(44-40-48)70-72-52-26-10-20-36-62(52)78-70/h3-44H,1-2H3. The number of fused-ring (bicyclic) bond motifs is 6. The molecule has 0 bridgehead atoms. The summed E-state index contributed by atoms with van der Waals surface area (Å²) in [5.74, 6) is 0. The summed E-state index contributed by atoms with van der Waals surface area (Å²) in [6.07, 6.45) is 0. The predicted molar refractivity (Wildman–Crippen MR) is 331 cm³/mol. The molecule has 0 saturated carbocycles. The highest BCUT2D eigenvalue weighted by molar-refractivity contribution is 7.22. The third-order valence-corrected chi connectivity index (χ3v) is 17.6. The lowest BCUT2D eigenvalue weighted by Gasteiger charge is -2.44. The Kier molecular flexibility index (Phi) is 10.9. The number of aromatic nitrogens is 2. The molecule has 4 heterocycles. The van der Waals surface area contributed by atoms with Crippen LogP contribution in [-0.2, 0) is 0 Å². The Bertz CT molecular complexity index is 4270. The van der Waals surface area contributed by atoms with Crippen molar-refractivity contribution in [2.45, 2.75) is 0 Å². The Morgan fingerprint density at radius 1 is 0.256 bits per heavy atom. The molecule has 2 aliphatic heterocycles. The number of thiazole rings is 2. The highest BCUT2D eigenvalue weighted by Crippen LogP contribution is 2.65. The zero-order chi connectivity index (χ0) is 51.8. The lowest BCUT2D eigenvalue weighted by atomic mass is 9.79. The Morgan fingerprint density at radius 3 is 0.910 bits per heavy atom. The molecule has 0 atom stereocenters. The van der Waals surface area contributed by atoms with Gasteiger partial charge in [0.15, 0.2) is 0 Å². The molecule has 15 rings (SSSR count). The van der Waals surface area contributed by atoms with Crippen LogP contribution in [0.15, 0.2) is 255 Å². The molecule has 0 spiro atoms. The molecule has 0 unspecified atom stereocenters. The molecule has 8 heteroatoms. The van der Waals surface area contributed by atoms with Gasteiger partial charge >= 0.3 is 0 Å². The van der Waals surface area contributed by atoms with Gasteiger partial charge in [-0.05, 0) is 95.1 Å². The van der Waals surface area contributed by atoms with Crippen LogP contribution >= 0.6 is 22.7 Å². The Labute approximate surface area is 461 Å². The number of hydrogen-bond donors (Lipinski definition) is 0. The van der Waals surface area contributed by atoms with E-state index in [1.165, 1.54) is 9.40 Å². The van der Waals surface area contributed by atoms with E-state index in [1.807, 2.05) is 0 Å². The normalized spacial score (nSPS) is 12.6. The summed E-state index contributed by atoms with van der Waals surface area (Å²) in [6, 6.07) is 92.9. The number of rotatable bonds is 8. The van der Waals surface area contributed by atoms with Crippen LogP contribution < -0.4 is 19.6 Å². The minimum atomic E-state index is 0.991. The Hall–Kier alpha value is -9.60. The van der Waals surface area contributed by atoms with Crippen LogP contribution in [0.4, 0.5) is 56.9 Å². The van der Waals surface area contributed by atoms with Crippen LogP contribution in [0.2, 0.25) is 0 Å². The molecule has 11 aromatic carbocycles. The van der Waals surface area contributed by atoms with Gasteiger partial charge in [-0.1, -0.05) is 182 Å². The van der Waals surface area contributed by atoms with Crippen LogP contribution in [0.5, 0.6) is 0 Å². The second-order valence-corrected chi connectivity index (χ2v) is 21.9. The van der Waals surface area contributed by atoms with Crippen molar-refractivity contribution in [3.63, 3.8) is 0 Å². The van der Waals surface area contributed by atoms with E-state index in [1.54, 1.807) is 22.7 Å². The summed E-state index contributed by atoms with van der Waals surface area (Å²) in [5.41, 5.74) is 23.8. The van der Waals surface area contributed by atoms with Crippen molar-refractivity contribution in [1.82, 2.24) is 9.97 Å². The van der Waals surface area contributed by atoms with E-state index in [-0.39, 0.29) is 0 Å². The van der Waals surface area contributed by atoms with Crippen molar-refractivity contribution in [1.29, 1.82) is 0 Å². The van der Waals surface area contributed by atoms with E-state index < -0.39 is 0 Å². The maximum atomic E-state index is 5.16. The second kappa shape index (κ2) is 18.6. The van der Waals surface area contributed by atoms with Gasteiger partial charge in [0, 0.05) is 47.5 Å². The Balaban J connectivity index is 1.15. The summed E-state index contributed by atoms with van der Waals surface area (Å²) in [6.45, 7) is 0. The summed E-state index contributed by atoms with van der Waals surface area (Å²) in [7, 11) is 4.38. The van der Waals surface area contributed by atoms with E-state index in [0.29, 0.717) is 0 Å². The number of anilines is 10. The van der Waals surface area contributed by atoms with Crippen molar-refractivity contribution in [3.8, 4) is 65.6 Å². The number of benzene rings is 11. The molecule has 0 radical (unpaired) electrons. The van der Waals surface area contributed by atoms with Gasteiger partial charge in [0.2, 0.25) is 0 Å². The van der Waals surface area contributed by atoms with Crippen LogP contribution in [0.1, 0.15) is 0 Å². The summed E-state index contributed by atoms with van der Waals surface area (Å²) in [4.78, 5) is 20.1. The molecule has 370 valence electrons. The topological polar surface area (TPSA) is 38.7 Å². The van der Waals surface area contributed by atoms with Crippen molar-refractivity contribution >= 4 is 100.0 Å². The maximum absolute atomic E-state index is 5.16. The van der Waals surface area contributed by atoms with Gasteiger partial charge in [-0.15, -0.1) is 22.7 Å². The van der Waals surface area contributed by atoms with Gasteiger partial charge in [0.25, 0.3) is 0 Å². The van der Waals surface area contributed by atoms with Crippen molar-refractivity contribution in [2.75, 3.05) is 33.7 Å². The van der Waals surface area contributed by atoms with Crippen molar-refractivity contribution in [2.24, 2.45) is 0 Å². The molecule has 0 aliphatic carbocycles. The lowest BCUT2D eigenvalue weighted by molar-refractivity contribution is 1.12. The zero-order valence-corrected chi connectivity index (χ0v) is 44.4. The van der Waals surface area contributed by atoms with Crippen LogP contribution in [0, 0.1) is 0 Å². The van der Waals surface area contributed by atoms with Crippen LogP contribution in [-0.4, -0.2) is 24.1 Å². The Morgan fingerprint density at radius 2 is 0.538 bits per heavy atom.